The molecule has 0 spiro atoms. The number of imidazole rings is 1. The van der Waals surface area contributed by atoms with E-state index in [0.717, 1.165) is 55.3 Å². The van der Waals surface area contributed by atoms with Crippen molar-refractivity contribution in [2.24, 2.45) is 0 Å². The summed E-state index contributed by atoms with van der Waals surface area (Å²) in [7, 11) is -4.31. The van der Waals surface area contributed by atoms with E-state index < -0.39 is 27.9 Å². The average molecular weight is 835 g/mol. The Morgan fingerprint density at radius 1 is 0.867 bits per heavy atom. The number of unbranched alkanes of at least 4 members (excludes halogenated alkanes) is 2. The number of fused-ring (bicyclic) bond motifs is 2. The Balaban J connectivity index is 1.30. The summed E-state index contributed by atoms with van der Waals surface area (Å²) in [6.07, 6.45) is 5.74. The lowest BCUT2D eigenvalue weighted by Gasteiger charge is -2.36. The quantitative estimate of drug-likeness (QED) is 0.126. The van der Waals surface area contributed by atoms with Crippen LogP contribution in [0.5, 0.6) is 0 Å². The van der Waals surface area contributed by atoms with Crippen LogP contribution in [-0.2, 0) is 34.3 Å². The standard InChI is InChI=1S/C46H54N6O7S/c1-3-5-19-50(20-6-4-2)46(56)42-31-51(22-21-49-23-25-59-26-24-49)43(47-42)40-18-16-36(44(54)48-60(57,58)39-17-15-33-11-7-8-13-35(33)28-39)29-41(40)45(55)52-30-37-14-10-9-12-34(37)27-38(52)32-53/h7-18,28-29,31,38,53H,3-6,19-27,30,32H2,1-2H3,(H,48,54)/t38-/m0/s1. The van der Waals surface area contributed by atoms with E-state index in [9.17, 15) is 23.1 Å². The molecule has 316 valence electrons. The van der Waals surface area contributed by atoms with E-state index in [0.29, 0.717) is 62.6 Å². The number of hydrogen-bond donors (Lipinski definition) is 2. The molecule has 0 saturated carbocycles. The molecule has 14 heteroatoms. The highest BCUT2D eigenvalue weighted by atomic mass is 32.2. The van der Waals surface area contributed by atoms with Crippen LogP contribution < -0.4 is 4.72 Å². The van der Waals surface area contributed by atoms with Gasteiger partial charge in [-0.2, -0.15) is 0 Å². The number of aliphatic hydroxyl groups excluding tert-OH is 1. The van der Waals surface area contributed by atoms with Gasteiger partial charge in [-0.25, -0.2) is 18.1 Å². The number of morpholine rings is 1. The lowest BCUT2D eigenvalue weighted by molar-refractivity contribution is 0.0364. The lowest BCUT2D eigenvalue weighted by Crippen LogP contribution is -2.46. The number of sulfonamides is 1. The van der Waals surface area contributed by atoms with Crippen LogP contribution in [0.3, 0.4) is 0 Å². The number of ether oxygens (including phenoxy) is 1. The van der Waals surface area contributed by atoms with Crippen LogP contribution in [0.15, 0.2) is 96.0 Å². The Labute approximate surface area is 352 Å². The Morgan fingerprint density at radius 3 is 2.28 bits per heavy atom. The maximum atomic E-state index is 15.0. The first-order chi connectivity index (χ1) is 29.1. The van der Waals surface area contributed by atoms with Gasteiger partial charge >= 0.3 is 0 Å². The maximum absolute atomic E-state index is 15.0. The number of carbonyl (C=O) groups excluding carboxylic acids is 3. The zero-order chi connectivity index (χ0) is 42.2. The zero-order valence-electron chi connectivity index (χ0n) is 34.4. The fourth-order valence-electron chi connectivity index (χ4n) is 7.93. The van der Waals surface area contributed by atoms with Gasteiger partial charge < -0.3 is 24.2 Å². The summed E-state index contributed by atoms with van der Waals surface area (Å²) >= 11 is 0. The first kappa shape index (κ1) is 42.7. The largest absolute Gasteiger partial charge is 0.394 e. The van der Waals surface area contributed by atoms with Gasteiger partial charge in [-0.05, 0) is 71.5 Å². The number of carbonyl (C=O) groups is 3. The molecule has 1 saturated heterocycles. The maximum Gasteiger partial charge on any atom is 0.274 e. The molecule has 3 heterocycles. The summed E-state index contributed by atoms with van der Waals surface area (Å²) in [6.45, 7) is 9.14. The summed E-state index contributed by atoms with van der Waals surface area (Å²) in [5.41, 5.74) is 2.63. The van der Waals surface area contributed by atoms with Crippen molar-refractivity contribution in [1.29, 1.82) is 0 Å². The van der Waals surface area contributed by atoms with Gasteiger partial charge in [-0.3, -0.25) is 19.3 Å². The Hall–Kier alpha value is -5.41. The van der Waals surface area contributed by atoms with Gasteiger partial charge in [-0.1, -0.05) is 81.3 Å². The first-order valence-electron chi connectivity index (χ1n) is 21.0. The predicted octanol–water partition coefficient (Wildman–Crippen LogP) is 5.76. The second-order valence-electron chi connectivity index (χ2n) is 15.5. The second-order valence-corrected chi connectivity index (χ2v) is 17.2. The number of hydrogen-bond acceptors (Lipinski definition) is 9. The summed E-state index contributed by atoms with van der Waals surface area (Å²) in [6, 6.07) is 23.6. The number of rotatable bonds is 16. The van der Waals surface area contributed by atoms with E-state index >= 15 is 4.79 Å². The molecule has 1 aromatic heterocycles. The predicted molar refractivity (Wildman–Crippen MR) is 230 cm³/mol. The highest BCUT2D eigenvalue weighted by Crippen LogP contribution is 2.31. The molecule has 3 amide bonds. The molecular weight excluding hydrogens is 781 g/mol. The van der Waals surface area contributed by atoms with Crippen molar-refractivity contribution in [3.05, 3.63) is 119 Å². The van der Waals surface area contributed by atoms with Crippen molar-refractivity contribution in [3.8, 4) is 11.4 Å². The molecule has 0 radical (unpaired) electrons. The first-order valence-corrected chi connectivity index (χ1v) is 22.4. The molecule has 7 rings (SSSR count). The average Bonchev–Trinajstić information content (AvgIpc) is 3.71. The minimum Gasteiger partial charge on any atom is -0.394 e. The van der Waals surface area contributed by atoms with Gasteiger partial charge in [0.05, 0.1) is 36.3 Å². The highest BCUT2D eigenvalue weighted by Gasteiger charge is 2.33. The van der Waals surface area contributed by atoms with Gasteiger partial charge in [0, 0.05) is 63.1 Å². The van der Waals surface area contributed by atoms with Crippen LogP contribution >= 0.6 is 0 Å². The fraction of sp³-hybridized carbons (Fsp3) is 0.391. The van der Waals surface area contributed by atoms with Crippen LogP contribution in [0.1, 0.15) is 81.9 Å². The molecule has 13 nitrogen and oxygen atoms in total. The third kappa shape index (κ3) is 9.63. The molecular formula is C46H54N6O7S. The summed E-state index contributed by atoms with van der Waals surface area (Å²) < 4.78 is 36.9. The minimum absolute atomic E-state index is 0.0579. The molecule has 5 aromatic rings. The smallest absolute Gasteiger partial charge is 0.274 e. The van der Waals surface area contributed by atoms with Crippen LogP contribution in [0.2, 0.25) is 0 Å². The van der Waals surface area contributed by atoms with Crippen LogP contribution in [0.4, 0.5) is 0 Å². The topological polar surface area (TPSA) is 154 Å². The zero-order valence-corrected chi connectivity index (χ0v) is 35.2. The Morgan fingerprint density at radius 2 is 1.57 bits per heavy atom. The van der Waals surface area contributed by atoms with Gasteiger partial charge in [0.25, 0.3) is 27.7 Å². The molecule has 4 aromatic carbocycles. The molecule has 2 aliphatic heterocycles. The number of aromatic nitrogens is 2. The van der Waals surface area contributed by atoms with Crippen molar-refractivity contribution < 1.29 is 32.6 Å². The van der Waals surface area contributed by atoms with Crippen molar-refractivity contribution in [1.82, 2.24) is 29.0 Å². The molecule has 0 bridgehead atoms. The Bertz CT molecular complexity index is 2440. The lowest BCUT2D eigenvalue weighted by atomic mass is 9.92. The number of amides is 3. The minimum atomic E-state index is -4.31. The number of benzene rings is 4. The summed E-state index contributed by atoms with van der Waals surface area (Å²) in [5, 5.41) is 12.1. The fourth-order valence-corrected chi connectivity index (χ4v) is 8.94. The van der Waals surface area contributed by atoms with Crippen LogP contribution in [0, 0.1) is 0 Å². The number of nitrogens with one attached hydrogen (secondary N) is 1. The van der Waals surface area contributed by atoms with Crippen LogP contribution in [0.25, 0.3) is 22.2 Å². The van der Waals surface area contributed by atoms with Crippen molar-refractivity contribution in [2.45, 2.75) is 70.0 Å². The highest BCUT2D eigenvalue weighted by molar-refractivity contribution is 7.90. The van der Waals surface area contributed by atoms with E-state index in [4.69, 9.17) is 9.72 Å². The summed E-state index contributed by atoms with van der Waals surface area (Å²) in [5.74, 6) is -1.21. The SMILES string of the molecule is CCCCN(CCCC)C(=O)c1cn(CCN2CCOCC2)c(-c2ccc(C(=O)NS(=O)(=O)c3ccc4ccccc4c3)cc2C(=O)N2Cc3ccccc3C[C@H]2CO)n1. The van der Waals surface area contributed by atoms with Gasteiger partial charge in [0.1, 0.15) is 11.5 Å². The van der Waals surface area contributed by atoms with Crippen molar-refractivity contribution >= 4 is 38.5 Å². The van der Waals surface area contributed by atoms with E-state index in [1.807, 2.05) is 45.9 Å². The van der Waals surface area contributed by atoms with E-state index in [-0.39, 0.29) is 40.8 Å². The molecule has 1 fully saturated rings. The second kappa shape index (κ2) is 19.3. The molecule has 2 N–H and O–H groups in total. The van der Waals surface area contributed by atoms with E-state index in [1.165, 1.54) is 24.3 Å². The van der Waals surface area contributed by atoms with E-state index in [2.05, 4.69) is 23.5 Å². The van der Waals surface area contributed by atoms with Gasteiger partial charge in [0.15, 0.2) is 0 Å². The van der Waals surface area contributed by atoms with Crippen molar-refractivity contribution in [2.75, 3.05) is 52.5 Å². The van der Waals surface area contributed by atoms with Crippen LogP contribution in [-0.4, -0.2) is 114 Å². The molecule has 0 aliphatic carbocycles. The third-order valence-corrected chi connectivity index (χ3v) is 12.8. The summed E-state index contributed by atoms with van der Waals surface area (Å²) in [4.78, 5) is 53.7. The van der Waals surface area contributed by atoms with E-state index in [1.54, 1.807) is 35.4 Å². The molecule has 2 aliphatic rings. The van der Waals surface area contributed by atoms with Crippen molar-refractivity contribution in [3.63, 3.8) is 0 Å². The molecule has 0 unspecified atom stereocenters. The Kier molecular flexibility index (Phi) is 13.8. The number of nitrogens with zero attached hydrogens (tertiary/aromatic N) is 5. The normalized spacial score (nSPS) is 15.8. The number of aliphatic hydroxyl groups is 1. The molecule has 60 heavy (non-hydrogen) atoms. The third-order valence-electron chi connectivity index (χ3n) is 11.4. The molecule has 1 atom stereocenters. The monoisotopic (exact) mass is 834 g/mol. The van der Waals surface area contributed by atoms with Gasteiger partial charge in [0.2, 0.25) is 0 Å². The van der Waals surface area contributed by atoms with Gasteiger partial charge in [-0.15, -0.1) is 0 Å².